The number of guanidine groups is 1. The molecular formula is C22H38N6O. The van der Waals surface area contributed by atoms with Gasteiger partial charge >= 0.3 is 0 Å². The van der Waals surface area contributed by atoms with Crippen LogP contribution in [0.25, 0.3) is 0 Å². The summed E-state index contributed by atoms with van der Waals surface area (Å²) in [6.07, 6.45) is 9.94. The average molecular weight is 403 g/mol. The van der Waals surface area contributed by atoms with Crippen LogP contribution < -0.4 is 21.9 Å². The lowest BCUT2D eigenvalue weighted by Gasteiger charge is -2.32. The fourth-order valence-electron chi connectivity index (χ4n) is 3.81. The molecule has 0 aromatic heterocycles. The van der Waals surface area contributed by atoms with Crippen LogP contribution in [0.3, 0.4) is 0 Å². The standard InChI is InChI=1S/C22H38N6O/c23-21(24)19-7-9-20(10-8-19)29-17-5-14-28-15-11-18(12-16-28)6-3-1-2-4-13-27-22(25)26/h7-10,18H,1-6,11-17H2,(H3,23,24)(H4,25,26,27). The summed E-state index contributed by atoms with van der Waals surface area (Å²) in [7, 11) is 0. The summed E-state index contributed by atoms with van der Waals surface area (Å²) in [5, 5.41) is 7.41. The number of ether oxygens (including phenoxy) is 1. The zero-order valence-electron chi connectivity index (χ0n) is 17.6. The van der Waals surface area contributed by atoms with E-state index in [-0.39, 0.29) is 11.8 Å². The van der Waals surface area contributed by atoms with Gasteiger partial charge in [0.15, 0.2) is 5.96 Å². The van der Waals surface area contributed by atoms with E-state index >= 15 is 0 Å². The van der Waals surface area contributed by atoms with Crippen molar-refractivity contribution in [1.82, 2.24) is 4.90 Å². The van der Waals surface area contributed by atoms with E-state index in [4.69, 9.17) is 27.3 Å². The number of nitrogens with two attached hydrogens (primary N) is 3. The van der Waals surface area contributed by atoms with Gasteiger partial charge in [0.05, 0.1) is 6.61 Å². The Labute approximate surface area is 175 Å². The van der Waals surface area contributed by atoms with Gasteiger partial charge in [-0.1, -0.05) is 25.7 Å². The first-order valence-electron chi connectivity index (χ1n) is 10.9. The van der Waals surface area contributed by atoms with Crippen LogP contribution in [0, 0.1) is 11.3 Å². The van der Waals surface area contributed by atoms with E-state index in [2.05, 4.69) is 9.89 Å². The molecule has 1 saturated heterocycles. The SMILES string of the molecule is N=C(N)c1ccc(OCCCN2CCC(CCCCCCN=C(N)N)CC2)cc1. The van der Waals surface area contributed by atoms with Crippen LogP contribution in [0.1, 0.15) is 56.9 Å². The van der Waals surface area contributed by atoms with Crippen LogP contribution in [0.2, 0.25) is 0 Å². The highest BCUT2D eigenvalue weighted by molar-refractivity contribution is 5.94. The van der Waals surface area contributed by atoms with Crippen LogP contribution in [-0.4, -0.2) is 49.5 Å². The largest absolute Gasteiger partial charge is 0.494 e. The lowest BCUT2D eigenvalue weighted by atomic mass is 9.91. The molecule has 1 aromatic rings. The van der Waals surface area contributed by atoms with Gasteiger partial charge in [0.25, 0.3) is 0 Å². The minimum absolute atomic E-state index is 0.0859. The van der Waals surface area contributed by atoms with Gasteiger partial charge in [-0.05, 0) is 69.0 Å². The molecule has 1 heterocycles. The maximum atomic E-state index is 7.41. The van der Waals surface area contributed by atoms with Gasteiger partial charge in [-0.25, -0.2) is 0 Å². The molecule has 0 radical (unpaired) electrons. The second-order valence-corrected chi connectivity index (χ2v) is 7.93. The quantitative estimate of drug-likeness (QED) is 0.229. The number of nitrogens with one attached hydrogen (secondary N) is 1. The summed E-state index contributed by atoms with van der Waals surface area (Å²) in [6, 6.07) is 7.41. The molecule has 0 amide bonds. The third-order valence-electron chi connectivity index (χ3n) is 5.57. The lowest BCUT2D eigenvalue weighted by Crippen LogP contribution is -2.34. The van der Waals surface area contributed by atoms with E-state index in [1.807, 2.05) is 24.3 Å². The molecule has 1 fully saturated rings. The Morgan fingerprint density at radius 3 is 2.34 bits per heavy atom. The number of piperidine rings is 1. The van der Waals surface area contributed by atoms with Gasteiger partial charge in [-0.2, -0.15) is 0 Å². The van der Waals surface area contributed by atoms with Crippen LogP contribution >= 0.6 is 0 Å². The van der Waals surface area contributed by atoms with Crippen LogP contribution in [0.15, 0.2) is 29.3 Å². The summed E-state index contributed by atoms with van der Waals surface area (Å²) < 4.78 is 5.80. The maximum Gasteiger partial charge on any atom is 0.185 e. The number of amidine groups is 1. The van der Waals surface area contributed by atoms with Crippen molar-refractivity contribution < 1.29 is 4.74 Å². The predicted octanol–water partition coefficient (Wildman–Crippen LogP) is 2.68. The fraction of sp³-hybridized carbons (Fsp3) is 0.636. The number of benzene rings is 1. The Hall–Kier alpha value is -2.28. The summed E-state index contributed by atoms with van der Waals surface area (Å²) >= 11 is 0. The lowest BCUT2D eigenvalue weighted by molar-refractivity contribution is 0.165. The summed E-state index contributed by atoms with van der Waals surface area (Å²) in [4.78, 5) is 6.59. The van der Waals surface area contributed by atoms with E-state index in [0.717, 1.165) is 49.8 Å². The van der Waals surface area contributed by atoms with Crippen molar-refractivity contribution >= 4 is 11.8 Å². The predicted molar refractivity (Wildman–Crippen MR) is 120 cm³/mol. The molecule has 29 heavy (non-hydrogen) atoms. The molecule has 0 aliphatic carbocycles. The first-order chi connectivity index (χ1) is 14.0. The molecule has 0 unspecified atom stereocenters. The van der Waals surface area contributed by atoms with Crippen molar-refractivity contribution in [3.05, 3.63) is 29.8 Å². The molecule has 162 valence electrons. The third kappa shape index (κ3) is 9.65. The Morgan fingerprint density at radius 2 is 1.69 bits per heavy atom. The summed E-state index contributed by atoms with van der Waals surface area (Å²) in [5.41, 5.74) is 16.8. The van der Waals surface area contributed by atoms with Crippen molar-refractivity contribution in [3.63, 3.8) is 0 Å². The highest BCUT2D eigenvalue weighted by Crippen LogP contribution is 2.23. The Bertz CT molecular complexity index is 619. The molecule has 1 aliphatic heterocycles. The number of aliphatic imine (C=N–C) groups is 1. The van der Waals surface area contributed by atoms with Crippen LogP contribution in [0.5, 0.6) is 5.75 Å². The molecule has 0 bridgehead atoms. The van der Waals surface area contributed by atoms with Crippen LogP contribution in [0.4, 0.5) is 0 Å². The second-order valence-electron chi connectivity index (χ2n) is 7.93. The smallest absolute Gasteiger partial charge is 0.185 e. The Morgan fingerprint density at radius 1 is 1.00 bits per heavy atom. The summed E-state index contributed by atoms with van der Waals surface area (Å²) in [5.74, 6) is 2.02. The fourth-order valence-corrected chi connectivity index (χ4v) is 3.81. The number of rotatable bonds is 13. The van der Waals surface area contributed by atoms with Gasteiger partial charge < -0.3 is 26.8 Å². The number of nitrogen functional groups attached to an aromatic ring is 1. The number of hydrogen-bond donors (Lipinski definition) is 4. The van der Waals surface area contributed by atoms with Crippen LogP contribution in [-0.2, 0) is 0 Å². The van der Waals surface area contributed by atoms with E-state index in [1.54, 1.807) is 0 Å². The van der Waals surface area contributed by atoms with Crippen molar-refractivity contribution in [3.8, 4) is 5.75 Å². The van der Waals surface area contributed by atoms with Gasteiger partial charge in [0.2, 0.25) is 0 Å². The molecule has 1 aromatic carbocycles. The third-order valence-corrected chi connectivity index (χ3v) is 5.57. The molecule has 7 heteroatoms. The molecule has 0 atom stereocenters. The van der Waals surface area contributed by atoms with E-state index in [1.165, 1.54) is 51.6 Å². The Balaban J connectivity index is 1.47. The van der Waals surface area contributed by atoms with E-state index in [0.29, 0.717) is 0 Å². The van der Waals surface area contributed by atoms with Gasteiger partial charge in [0, 0.05) is 18.7 Å². The number of nitrogens with zero attached hydrogens (tertiary/aromatic N) is 2. The first-order valence-corrected chi connectivity index (χ1v) is 10.9. The van der Waals surface area contributed by atoms with E-state index < -0.39 is 0 Å². The van der Waals surface area contributed by atoms with Crippen molar-refractivity contribution in [2.45, 2.75) is 51.4 Å². The van der Waals surface area contributed by atoms with E-state index in [9.17, 15) is 0 Å². The molecular weight excluding hydrogens is 364 g/mol. The monoisotopic (exact) mass is 402 g/mol. The normalized spacial score (nSPS) is 15.2. The van der Waals surface area contributed by atoms with Crippen molar-refractivity contribution in [2.24, 2.45) is 28.1 Å². The van der Waals surface area contributed by atoms with Gasteiger partial charge in [-0.3, -0.25) is 10.4 Å². The average Bonchev–Trinajstić information content (AvgIpc) is 2.71. The second kappa shape index (κ2) is 13.0. The minimum Gasteiger partial charge on any atom is -0.494 e. The topological polar surface area (TPSA) is 127 Å². The molecule has 0 saturated carbocycles. The highest BCUT2D eigenvalue weighted by Gasteiger charge is 2.18. The maximum absolute atomic E-state index is 7.41. The minimum atomic E-state index is 0.0859. The van der Waals surface area contributed by atoms with Gasteiger partial charge in [-0.15, -0.1) is 0 Å². The van der Waals surface area contributed by atoms with Gasteiger partial charge in [0.1, 0.15) is 11.6 Å². The zero-order chi connectivity index (χ0) is 20.9. The molecule has 2 rings (SSSR count). The molecule has 7 N–H and O–H groups in total. The molecule has 7 nitrogen and oxygen atoms in total. The first kappa shape index (κ1) is 23.0. The number of likely N-dealkylation sites (tertiary alicyclic amines) is 1. The number of unbranched alkanes of at least 4 members (excludes halogenated alkanes) is 3. The number of hydrogen-bond acceptors (Lipinski definition) is 4. The van der Waals surface area contributed by atoms with Crippen molar-refractivity contribution in [1.29, 1.82) is 5.41 Å². The highest BCUT2D eigenvalue weighted by atomic mass is 16.5. The zero-order valence-corrected chi connectivity index (χ0v) is 17.6. The Kier molecular flexibility index (Phi) is 10.3. The molecule has 1 aliphatic rings. The molecule has 0 spiro atoms. The van der Waals surface area contributed by atoms with Crippen molar-refractivity contribution in [2.75, 3.05) is 32.8 Å². The summed E-state index contributed by atoms with van der Waals surface area (Å²) in [6.45, 7) is 5.00.